The molecule has 0 atom stereocenters. The highest BCUT2D eigenvalue weighted by molar-refractivity contribution is 7.09. The molecule has 0 amide bonds. The Kier molecular flexibility index (Phi) is 4.92. The average molecular weight is 329 g/mol. The van der Waals surface area contributed by atoms with E-state index in [0.717, 1.165) is 15.4 Å². The number of halogens is 1. The van der Waals surface area contributed by atoms with Gasteiger partial charge in [0.2, 0.25) is 0 Å². The van der Waals surface area contributed by atoms with E-state index in [1.54, 1.807) is 0 Å². The minimum Gasteiger partial charge on any atom is -0.468 e. The second-order valence-corrected chi connectivity index (χ2v) is 5.47. The average Bonchev–Trinajstić information content (AvgIpc) is 2.88. The summed E-state index contributed by atoms with van der Waals surface area (Å²) in [4.78, 5) is 27.4. The molecule has 2 rings (SSSR count). The Hall–Kier alpha value is -1.93. The second-order valence-electron chi connectivity index (χ2n) is 4.15. The zero-order valence-electron chi connectivity index (χ0n) is 11.4. The van der Waals surface area contributed by atoms with Crippen LogP contribution in [-0.4, -0.2) is 27.8 Å². The summed E-state index contributed by atoms with van der Waals surface area (Å²) in [5.41, 5.74) is 0.785. The molecule has 0 saturated heterocycles. The number of ether oxygens (including phenoxy) is 1. The van der Waals surface area contributed by atoms with E-state index in [4.69, 9.17) is 11.6 Å². The van der Waals surface area contributed by atoms with Gasteiger partial charge in [0.05, 0.1) is 25.5 Å². The fourth-order valence-corrected chi connectivity index (χ4v) is 2.47. The van der Waals surface area contributed by atoms with E-state index in [-0.39, 0.29) is 11.6 Å². The second kappa shape index (κ2) is 6.68. The van der Waals surface area contributed by atoms with E-state index in [0.29, 0.717) is 12.2 Å². The first-order valence-corrected chi connectivity index (χ1v) is 7.24. The van der Waals surface area contributed by atoms with Crippen LogP contribution in [-0.2, 0) is 22.6 Å². The summed E-state index contributed by atoms with van der Waals surface area (Å²) in [6, 6.07) is 0. The molecular formula is C12H13ClN4O3S. The maximum atomic E-state index is 12.0. The summed E-state index contributed by atoms with van der Waals surface area (Å²) in [7, 11) is 1.24. The van der Waals surface area contributed by atoms with Gasteiger partial charge in [0.1, 0.15) is 16.6 Å². The number of aromatic nitrogens is 3. The largest absolute Gasteiger partial charge is 0.468 e. The van der Waals surface area contributed by atoms with E-state index in [1.165, 1.54) is 24.6 Å². The van der Waals surface area contributed by atoms with Gasteiger partial charge in [0.15, 0.2) is 0 Å². The lowest BCUT2D eigenvalue weighted by molar-refractivity contribution is -0.141. The van der Waals surface area contributed by atoms with Gasteiger partial charge >= 0.3 is 5.97 Å². The van der Waals surface area contributed by atoms with Crippen LogP contribution in [0.5, 0.6) is 0 Å². The molecule has 2 aromatic heterocycles. The third-order valence-electron chi connectivity index (χ3n) is 2.59. The molecule has 0 bridgehead atoms. The number of rotatable bonds is 5. The number of esters is 1. The fourth-order valence-electron chi connectivity index (χ4n) is 1.54. The standard InChI is InChI=1S/C12H13ClN4O3S/c1-7-6-21-9(16-7)4-14-8-3-15-17(5-10(18)20-2)12(19)11(8)13/h3,6,14H,4-5H2,1-2H3. The minimum absolute atomic E-state index is 0.0258. The SMILES string of the molecule is COC(=O)Cn1ncc(NCc2nc(C)cs2)c(Cl)c1=O. The number of hydrogen-bond donors (Lipinski definition) is 1. The van der Waals surface area contributed by atoms with Crippen molar-refractivity contribution in [1.29, 1.82) is 0 Å². The van der Waals surface area contributed by atoms with Gasteiger partial charge < -0.3 is 10.1 Å². The topological polar surface area (TPSA) is 86.1 Å². The third kappa shape index (κ3) is 3.79. The number of nitrogens with one attached hydrogen (secondary N) is 1. The summed E-state index contributed by atoms with van der Waals surface area (Å²) in [5, 5.41) is 9.67. The maximum absolute atomic E-state index is 12.0. The van der Waals surface area contributed by atoms with Crippen LogP contribution in [0.1, 0.15) is 10.7 Å². The van der Waals surface area contributed by atoms with Gasteiger partial charge in [-0.25, -0.2) is 9.67 Å². The summed E-state index contributed by atoms with van der Waals surface area (Å²) in [6.45, 7) is 2.07. The van der Waals surface area contributed by atoms with Crippen LogP contribution in [0.3, 0.4) is 0 Å². The fraction of sp³-hybridized carbons (Fsp3) is 0.333. The molecule has 0 fully saturated rings. The Morgan fingerprint density at radius 1 is 1.57 bits per heavy atom. The molecule has 7 nitrogen and oxygen atoms in total. The summed E-state index contributed by atoms with van der Waals surface area (Å²) < 4.78 is 5.43. The molecule has 2 aromatic rings. The van der Waals surface area contributed by atoms with Crippen molar-refractivity contribution in [1.82, 2.24) is 14.8 Å². The first-order chi connectivity index (χ1) is 10.0. The van der Waals surface area contributed by atoms with Gasteiger partial charge in [-0.15, -0.1) is 11.3 Å². The number of carbonyl (C=O) groups is 1. The van der Waals surface area contributed by atoms with E-state index in [1.807, 2.05) is 12.3 Å². The van der Waals surface area contributed by atoms with Crippen LogP contribution < -0.4 is 10.9 Å². The molecule has 0 unspecified atom stereocenters. The minimum atomic E-state index is -0.570. The van der Waals surface area contributed by atoms with Gasteiger partial charge in [0.25, 0.3) is 5.56 Å². The van der Waals surface area contributed by atoms with Crippen molar-refractivity contribution in [2.24, 2.45) is 0 Å². The lowest BCUT2D eigenvalue weighted by atomic mass is 10.4. The molecule has 0 aliphatic heterocycles. The normalized spacial score (nSPS) is 10.4. The Balaban J connectivity index is 2.13. The quantitative estimate of drug-likeness (QED) is 0.836. The van der Waals surface area contributed by atoms with Crippen LogP contribution in [0.4, 0.5) is 5.69 Å². The highest BCUT2D eigenvalue weighted by atomic mass is 35.5. The van der Waals surface area contributed by atoms with Gasteiger partial charge in [-0.1, -0.05) is 11.6 Å². The first-order valence-electron chi connectivity index (χ1n) is 5.98. The molecule has 0 aliphatic rings. The Morgan fingerprint density at radius 2 is 2.33 bits per heavy atom. The van der Waals surface area contributed by atoms with Crippen LogP contribution in [0.25, 0.3) is 0 Å². The van der Waals surface area contributed by atoms with Crippen molar-refractivity contribution in [2.45, 2.75) is 20.0 Å². The van der Waals surface area contributed by atoms with Crippen LogP contribution >= 0.6 is 22.9 Å². The lowest BCUT2D eigenvalue weighted by Gasteiger charge is -2.08. The number of hydrogen-bond acceptors (Lipinski definition) is 7. The molecule has 0 spiro atoms. The maximum Gasteiger partial charge on any atom is 0.327 e. The molecule has 0 radical (unpaired) electrons. The monoisotopic (exact) mass is 328 g/mol. The molecule has 112 valence electrons. The van der Waals surface area contributed by atoms with Crippen molar-refractivity contribution in [3.63, 3.8) is 0 Å². The summed E-state index contributed by atoms with van der Waals surface area (Å²) in [5.74, 6) is -0.570. The Bertz CT molecular complexity index is 713. The molecule has 2 heterocycles. The lowest BCUT2D eigenvalue weighted by Crippen LogP contribution is -2.28. The van der Waals surface area contributed by atoms with Crippen molar-refractivity contribution >= 4 is 34.6 Å². The number of aryl methyl sites for hydroxylation is 1. The van der Waals surface area contributed by atoms with Gasteiger partial charge in [-0.3, -0.25) is 9.59 Å². The smallest absolute Gasteiger partial charge is 0.327 e. The Labute approximate surface area is 129 Å². The van der Waals surface area contributed by atoms with Crippen molar-refractivity contribution in [3.05, 3.63) is 37.7 Å². The zero-order chi connectivity index (χ0) is 15.4. The predicted molar refractivity (Wildman–Crippen MR) is 79.7 cm³/mol. The molecule has 21 heavy (non-hydrogen) atoms. The third-order valence-corrected chi connectivity index (χ3v) is 3.92. The van der Waals surface area contributed by atoms with E-state index < -0.39 is 11.5 Å². The van der Waals surface area contributed by atoms with E-state index >= 15 is 0 Å². The van der Waals surface area contributed by atoms with Crippen LogP contribution in [0.15, 0.2) is 16.4 Å². The highest BCUT2D eigenvalue weighted by Gasteiger charge is 2.12. The van der Waals surface area contributed by atoms with Crippen LogP contribution in [0, 0.1) is 6.92 Å². The zero-order valence-corrected chi connectivity index (χ0v) is 13.0. The molecule has 1 N–H and O–H groups in total. The van der Waals surface area contributed by atoms with Gasteiger partial charge in [-0.05, 0) is 6.92 Å². The van der Waals surface area contributed by atoms with Crippen molar-refractivity contribution < 1.29 is 9.53 Å². The van der Waals surface area contributed by atoms with Crippen LogP contribution in [0.2, 0.25) is 5.02 Å². The molecule has 9 heteroatoms. The predicted octanol–water partition coefficient (Wildman–Crippen LogP) is 1.45. The molecular weight excluding hydrogens is 316 g/mol. The van der Waals surface area contributed by atoms with Crippen molar-refractivity contribution in [3.8, 4) is 0 Å². The summed E-state index contributed by atoms with van der Waals surface area (Å²) in [6.07, 6.45) is 1.40. The van der Waals surface area contributed by atoms with Crippen molar-refractivity contribution in [2.75, 3.05) is 12.4 Å². The number of thiazole rings is 1. The molecule has 0 aliphatic carbocycles. The first kappa shape index (κ1) is 15.5. The number of carbonyl (C=O) groups excluding carboxylic acids is 1. The molecule has 0 aromatic carbocycles. The number of methoxy groups -OCH3 is 1. The van der Waals surface area contributed by atoms with Gasteiger partial charge in [0, 0.05) is 11.1 Å². The summed E-state index contributed by atoms with van der Waals surface area (Å²) >= 11 is 7.50. The number of nitrogens with zero attached hydrogens (tertiary/aromatic N) is 3. The highest BCUT2D eigenvalue weighted by Crippen LogP contribution is 2.17. The Morgan fingerprint density at radius 3 is 2.95 bits per heavy atom. The molecule has 0 saturated carbocycles. The van der Waals surface area contributed by atoms with Gasteiger partial charge in [-0.2, -0.15) is 5.10 Å². The van der Waals surface area contributed by atoms with E-state index in [9.17, 15) is 9.59 Å². The van der Waals surface area contributed by atoms with E-state index in [2.05, 4.69) is 20.1 Å². The number of anilines is 1.